The highest BCUT2D eigenvalue weighted by Crippen LogP contribution is 2.51. The van der Waals surface area contributed by atoms with E-state index in [0.29, 0.717) is 23.3 Å². The van der Waals surface area contributed by atoms with Crippen molar-refractivity contribution in [1.82, 2.24) is 29.5 Å². The first-order valence-corrected chi connectivity index (χ1v) is 44.7. The van der Waals surface area contributed by atoms with Gasteiger partial charge in [0.05, 0.1) is 28.1 Å². The lowest BCUT2D eigenvalue weighted by Crippen LogP contribution is -2.61. The minimum atomic E-state index is -0.206. The molecule has 3 aromatic heterocycles. The molecule has 128 heavy (non-hydrogen) atoms. The van der Waals surface area contributed by atoms with E-state index in [1.807, 2.05) is 48.5 Å². The maximum atomic E-state index is 5.54. The molecule has 21 rings (SSSR count). The predicted molar refractivity (Wildman–Crippen MR) is 538 cm³/mol. The van der Waals surface area contributed by atoms with Crippen molar-refractivity contribution < 1.29 is 0 Å². The fourth-order valence-electron chi connectivity index (χ4n) is 18.7. The van der Waals surface area contributed by atoms with Gasteiger partial charge in [0.2, 0.25) is 0 Å². The zero-order chi connectivity index (χ0) is 87.5. The van der Waals surface area contributed by atoms with Gasteiger partial charge in [0.1, 0.15) is 0 Å². The van der Waals surface area contributed by atoms with Gasteiger partial charge in [-0.25, -0.2) is 24.9 Å². The summed E-state index contributed by atoms with van der Waals surface area (Å²) in [6, 6.07) is 140. The third-order valence-electron chi connectivity index (χ3n) is 25.8. The minimum Gasteiger partial charge on any atom is -0.311 e. The lowest BCUT2D eigenvalue weighted by atomic mass is 9.33. The van der Waals surface area contributed by atoms with Crippen molar-refractivity contribution in [2.45, 2.75) is 105 Å². The predicted octanol–water partition coefficient (Wildman–Crippen LogP) is 29.4. The van der Waals surface area contributed by atoms with Crippen molar-refractivity contribution in [3.8, 4) is 129 Å². The van der Waals surface area contributed by atoms with Crippen LogP contribution in [-0.4, -0.2) is 36.2 Å². The van der Waals surface area contributed by atoms with Gasteiger partial charge in [-0.1, -0.05) is 374 Å². The van der Waals surface area contributed by atoms with Crippen LogP contribution in [0.5, 0.6) is 0 Å². The summed E-state index contributed by atoms with van der Waals surface area (Å²) in [4.78, 5) is 32.4. The molecule has 0 fully saturated rings. The molecule has 0 N–H and O–H groups in total. The zero-order valence-corrected chi connectivity index (χ0v) is 74.5. The first kappa shape index (κ1) is 80.2. The van der Waals surface area contributed by atoms with Gasteiger partial charge in [-0.05, 0) is 207 Å². The molecule has 2 aliphatic rings. The molecule has 0 bridgehead atoms. The Morgan fingerprint density at radius 1 is 0.211 bits per heavy atom. The average Bonchev–Trinajstić information content (AvgIpc) is 0.742. The summed E-state index contributed by atoms with van der Waals surface area (Å²) in [6.07, 6.45) is 0. The summed E-state index contributed by atoms with van der Waals surface area (Å²) < 4.78 is 2.41. The Kier molecular flexibility index (Phi) is 19.8. The molecule has 0 aliphatic carbocycles. The summed E-state index contributed by atoms with van der Waals surface area (Å²) in [7, 11) is 0. The summed E-state index contributed by atoms with van der Waals surface area (Å²) in [5.41, 5.74) is 36.5. The van der Waals surface area contributed by atoms with Gasteiger partial charge in [0, 0.05) is 78.3 Å². The van der Waals surface area contributed by atoms with Gasteiger partial charge in [-0.15, -0.1) is 0 Å². The normalized spacial score (nSPS) is 12.6. The van der Waals surface area contributed by atoms with E-state index in [1.54, 1.807) is 0 Å². The Balaban J connectivity index is 0.828. The monoisotopic (exact) mass is 1650 g/mol. The minimum absolute atomic E-state index is 0.105. The van der Waals surface area contributed by atoms with Crippen LogP contribution in [0.4, 0.5) is 34.1 Å². The van der Waals surface area contributed by atoms with Crippen molar-refractivity contribution >= 4 is 79.0 Å². The molecule has 0 radical (unpaired) electrons. The third kappa shape index (κ3) is 14.9. The maximum Gasteiger partial charge on any atom is 0.252 e. The van der Waals surface area contributed by atoms with Crippen molar-refractivity contribution in [2.24, 2.45) is 0 Å². The second kappa shape index (κ2) is 31.6. The van der Waals surface area contributed by atoms with E-state index in [1.165, 1.54) is 60.9 Å². The lowest BCUT2D eigenvalue weighted by molar-refractivity contribution is 0.568. The summed E-state index contributed by atoms with van der Waals surface area (Å²) in [6.45, 7) is 27.9. The van der Waals surface area contributed by atoms with Crippen molar-refractivity contribution in [2.75, 3.05) is 9.80 Å². The van der Waals surface area contributed by atoms with E-state index in [4.69, 9.17) is 24.9 Å². The molecule has 9 heteroatoms. The van der Waals surface area contributed by atoms with Crippen LogP contribution in [-0.2, 0) is 21.7 Å². The van der Waals surface area contributed by atoms with Gasteiger partial charge in [-0.3, -0.25) is 0 Å². The van der Waals surface area contributed by atoms with E-state index >= 15 is 0 Å². The summed E-state index contributed by atoms with van der Waals surface area (Å²) >= 11 is 0. The highest BCUT2D eigenvalue weighted by molar-refractivity contribution is 7.00. The van der Waals surface area contributed by atoms with Gasteiger partial charge in [0.15, 0.2) is 23.3 Å². The molecular weight excluding hydrogens is 1550 g/mol. The molecule has 16 aromatic carbocycles. The Hall–Kier alpha value is -14.9. The topological polar surface area (TPSA) is 75.9 Å². The Bertz CT molecular complexity index is 7070. The van der Waals surface area contributed by atoms with Crippen LogP contribution in [0.15, 0.2) is 382 Å². The van der Waals surface area contributed by atoms with Crippen LogP contribution in [0.1, 0.15) is 105 Å². The number of benzene rings is 16. The molecule has 0 saturated heterocycles. The maximum absolute atomic E-state index is 5.54. The third-order valence-corrected chi connectivity index (χ3v) is 25.8. The molecule has 2 aliphatic heterocycles. The number of rotatable bonds is 14. The standard InChI is InChI=1S/C119H99BN8/c1-116(2,3)91-63-88(64-92(73-91)117(4,5)6)85-51-59-100-107(69-85)126(95-55-47-78(48-56-95)76-33-19-13-20-34-76)109-71-90(72-110-111(109)120(100)101-60-52-86(89-65-93(118(7,8)9)74-94(66-89)119(10,11)12)70-108(101)127(110)96-57-49-79(50-58-96)77-35-21-14-22-36-77)84-53-61-105-98(67-84)97-45-31-32-46-104(97)128(105)106-62-54-87(114-121-102(80-37-23-15-24-38-80)75-103(122-114)81-39-25-16-26-40-81)68-99(106)115-124-112(82-41-27-17-28-42-82)123-113(125-115)83-43-29-18-30-44-83/h13-75H,1-12H3. The van der Waals surface area contributed by atoms with Crippen LogP contribution in [0.3, 0.4) is 0 Å². The Morgan fingerprint density at radius 2 is 0.539 bits per heavy atom. The number of nitrogens with zero attached hydrogens (tertiary/aromatic N) is 8. The van der Waals surface area contributed by atoms with Gasteiger partial charge >= 0.3 is 0 Å². The molecule has 0 saturated carbocycles. The Labute approximate surface area is 751 Å². The van der Waals surface area contributed by atoms with E-state index in [0.717, 1.165) is 140 Å². The molecule has 5 heterocycles. The molecular formula is C119H99BN8. The van der Waals surface area contributed by atoms with Crippen LogP contribution < -0.4 is 26.2 Å². The second-order valence-corrected chi connectivity index (χ2v) is 38.6. The summed E-state index contributed by atoms with van der Waals surface area (Å²) in [5, 5.41) is 2.18. The molecule has 0 spiro atoms. The number of fused-ring (bicyclic) bond motifs is 7. The fraction of sp³-hybridized carbons (Fsp3) is 0.134. The van der Waals surface area contributed by atoms with E-state index in [9.17, 15) is 0 Å². The van der Waals surface area contributed by atoms with E-state index in [2.05, 4.69) is 431 Å². The van der Waals surface area contributed by atoms with Crippen LogP contribution in [0, 0.1) is 0 Å². The van der Waals surface area contributed by atoms with Crippen LogP contribution >= 0.6 is 0 Å². The largest absolute Gasteiger partial charge is 0.311 e. The number of anilines is 6. The highest BCUT2D eigenvalue weighted by atomic mass is 15.2. The second-order valence-electron chi connectivity index (χ2n) is 38.6. The first-order valence-electron chi connectivity index (χ1n) is 44.7. The SMILES string of the molecule is CC(C)(C)c1cc(-c2ccc3c(c2)N(c2ccc(-c4ccccc4)cc2)c2cc(-c4ccc5c(c4)c4ccccc4n5-c4ccc(-c5nc(-c6ccccc6)cc(-c6ccccc6)n5)cc4-c4nc(-c5ccccc5)nc(-c5ccccc5)n4)cc4c2B3c2ccc(-c3cc(C(C)(C)C)cc(C(C)(C)C)c3)cc2N4c2ccc(-c3ccccc3)cc2)cc(C(C)(C)C)c1. The van der Waals surface area contributed by atoms with E-state index in [-0.39, 0.29) is 28.4 Å². The van der Waals surface area contributed by atoms with Crippen molar-refractivity contribution in [3.05, 3.63) is 404 Å². The lowest BCUT2D eigenvalue weighted by Gasteiger charge is -2.45. The van der Waals surface area contributed by atoms with Gasteiger partial charge < -0.3 is 14.4 Å². The van der Waals surface area contributed by atoms with Crippen LogP contribution in [0.2, 0.25) is 0 Å². The fourth-order valence-corrected chi connectivity index (χ4v) is 18.7. The number of hydrogen-bond donors (Lipinski definition) is 0. The zero-order valence-electron chi connectivity index (χ0n) is 74.5. The highest BCUT2D eigenvalue weighted by Gasteiger charge is 2.45. The van der Waals surface area contributed by atoms with Gasteiger partial charge in [0.25, 0.3) is 6.71 Å². The number of para-hydroxylation sites is 1. The molecule has 0 amide bonds. The number of aromatic nitrogens is 6. The summed E-state index contributed by atoms with van der Waals surface area (Å²) in [5.74, 6) is 2.19. The van der Waals surface area contributed by atoms with Crippen LogP contribution in [0.25, 0.3) is 151 Å². The smallest absolute Gasteiger partial charge is 0.252 e. The molecule has 8 nitrogen and oxygen atoms in total. The van der Waals surface area contributed by atoms with Crippen molar-refractivity contribution in [1.29, 1.82) is 0 Å². The first-order chi connectivity index (χ1) is 61.9. The van der Waals surface area contributed by atoms with E-state index < -0.39 is 0 Å². The Morgan fingerprint density at radius 3 is 0.969 bits per heavy atom. The molecule has 19 aromatic rings. The molecule has 618 valence electrons. The molecule has 0 unspecified atom stereocenters. The van der Waals surface area contributed by atoms with Gasteiger partial charge in [-0.2, -0.15) is 0 Å². The molecule has 0 atom stereocenters. The van der Waals surface area contributed by atoms with Crippen molar-refractivity contribution in [3.63, 3.8) is 0 Å². The average molecular weight is 1650 g/mol. The number of hydrogen-bond acceptors (Lipinski definition) is 7. The quantitative estimate of drug-likeness (QED) is 0.100.